The fraction of sp³-hybridized carbons (Fsp3) is 0.300. The van der Waals surface area contributed by atoms with Crippen molar-refractivity contribution >= 4 is 23.1 Å². The monoisotopic (exact) mass is 282 g/mol. The van der Waals surface area contributed by atoms with Crippen LogP contribution < -0.4 is 4.90 Å². The highest BCUT2D eigenvalue weighted by atomic mass is 35.5. The van der Waals surface area contributed by atoms with Crippen LogP contribution in [-0.2, 0) is 13.6 Å². The minimum atomic E-state index is -0.586. The molecule has 9 heteroatoms. The number of aromatic nitrogens is 4. The number of nitro groups is 1. The van der Waals surface area contributed by atoms with Crippen LogP contribution in [0.3, 0.4) is 0 Å². The average Bonchev–Trinajstić information content (AvgIpc) is 2.73. The molecule has 0 radical (unpaired) electrons. The van der Waals surface area contributed by atoms with Gasteiger partial charge in [-0.15, -0.1) is 0 Å². The van der Waals surface area contributed by atoms with Gasteiger partial charge in [0, 0.05) is 32.4 Å². The number of aryl methyl sites for hydroxylation is 1. The molecular weight excluding hydrogens is 272 g/mol. The largest absolute Gasteiger partial charge is 0.349 e. The molecule has 2 aromatic rings. The Morgan fingerprint density at radius 3 is 2.84 bits per heavy atom. The molecule has 2 rings (SSSR count). The second kappa shape index (κ2) is 5.19. The van der Waals surface area contributed by atoms with Gasteiger partial charge in [-0.3, -0.25) is 14.8 Å². The number of halogens is 1. The molecule has 0 saturated heterocycles. The molecule has 0 spiro atoms. The molecule has 8 nitrogen and oxygen atoms in total. The topological polar surface area (TPSA) is 90.0 Å². The Labute approximate surface area is 113 Å². The lowest BCUT2D eigenvalue weighted by Gasteiger charge is -2.16. The number of rotatable bonds is 4. The minimum Gasteiger partial charge on any atom is -0.349 e. The van der Waals surface area contributed by atoms with Crippen molar-refractivity contribution in [3.05, 3.63) is 39.6 Å². The zero-order chi connectivity index (χ0) is 14.0. The summed E-state index contributed by atoms with van der Waals surface area (Å²) >= 11 is 5.74. The van der Waals surface area contributed by atoms with Gasteiger partial charge < -0.3 is 4.90 Å². The van der Waals surface area contributed by atoms with Gasteiger partial charge in [-0.25, -0.2) is 9.97 Å². The Morgan fingerprint density at radius 2 is 2.26 bits per heavy atom. The average molecular weight is 283 g/mol. The van der Waals surface area contributed by atoms with Crippen LogP contribution in [0, 0.1) is 10.1 Å². The summed E-state index contributed by atoms with van der Waals surface area (Å²) in [6.07, 6.45) is 4.71. The first-order chi connectivity index (χ1) is 8.99. The van der Waals surface area contributed by atoms with Gasteiger partial charge >= 0.3 is 5.69 Å². The van der Waals surface area contributed by atoms with Crippen molar-refractivity contribution < 1.29 is 4.92 Å². The van der Waals surface area contributed by atoms with Gasteiger partial charge in [0.15, 0.2) is 0 Å². The van der Waals surface area contributed by atoms with Crippen molar-refractivity contribution in [3.8, 4) is 0 Å². The number of anilines is 1. The normalized spacial score (nSPS) is 10.5. The predicted molar refractivity (Wildman–Crippen MR) is 69.0 cm³/mol. The zero-order valence-corrected chi connectivity index (χ0v) is 11.1. The molecule has 100 valence electrons. The lowest BCUT2D eigenvalue weighted by atomic mass is 10.3. The molecule has 0 amide bonds. The summed E-state index contributed by atoms with van der Waals surface area (Å²) in [5.41, 5.74) is 0.615. The van der Waals surface area contributed by atoms with E-state index in [0.29, 0.717) is 6.54 Å². The molecule has 0 saturated carbocycles. The highest BCUT2D eigenvalue weighted by Gasteiger charge is 2.24. The summed E-state index contributed by atoms with van der Waals surface area (Å²) in [4.78, 5) is 19.6. The Hall–Kier alpha value is -2.22. The fourth-order valence-electron chi connectivity index (χ4n) is 1.69. The van der Waals surface area contributed by atoms with E-state index in [0.717, 1.165) is 5.56 Å². The predicted octanol–water partition coefficient (Wildman–Crippen LogP) is 1.41. The maximum absolute atomic E-state index is 11.0. The summed E-state index contributed by atoms with van der Waals surface area (Å²) in [5.74, 6) is 0.175. The van der Waals surface area contributed by atoms with E-state index in [-0.39, 0.29) is 16.7 Å². The zero-order valence-electron chi connectivity index (χ0n) is 10.3. The maximum Gasteiger partial charge on any atom is 0.348 e. The van der Waals surface area contributed by atoms with Crippen molar-refractivity contribution in [1.29, 1.82) is 0 Å². The summed E-state index contributed by atoms with van der Waals surface area (Å²) in [7, 11) is 3.49. The van der Waals surface area contributed by atoms with Gasteiger partial charge in [0.1, 0.15) is 6.33 Å². The molecule has 19 heavy (non-hydrogen) atoms. The SMILES string of the molecule is CN(Cc1cnn(C)c1)c1ncnc(Cl)c1[N+](=O)[O-]. The second-order valence-electron chi connectivity index (χ2n) is 3.97. The molecular formula is C10H11ClN6O2. The van der Waals surface area contributed by atoms with Gasteiger partial charge in [-0.1, -0.05) is 11.6 Å². The molecule has 0 aliphatic rings. The van der Waals surface area contributed by atoms with E-state index in [4.69, 9.17) is 11.6 Å². The Bertz CT molecular complexity index is 614. The van der Waals surface area contributed by atoms with Crippen LogP contribution in [0.15, 0.2) is 18.7 Å². The van der Waals surface area contributed by atoms with E-state index in [9.17, 15) is 10.1 Å². The molecule has 0 aliphatic heterocycles. The summed E-state index contributed by atoms with van der Waals surface area (Å²) in [5, 5.41) is 14.9. The third-order valence-electron chi connectivity index (χ3n) is 2.48. The lowest BCUT2D eigenvalue weighted by Crippen LogP contribution is -2.19. The quantitative estimate of drug-likeness (QED) is 0.478. The van der Waals surface area contributed by atoms with Crippen LogP contribution in [0.25, 0.3) is 0 Å². The van der Waals surface area contributed by atoms with Gasteiger partial charge in [-0.2, -0.15) is 5.10 Å². The Morgan fingerprint density at radius 1 is 1.53 bits per heavy atom. The highest BCUT2D eigenvalue weighted by Crippen LogP contribution is 2.31. The van der Waals surface area contributed by atoms with Gasteiger partial charge in [0.05, 0.1) is 11.1 Å². The van der Waals surface area contributed by atoms with Crippen LogP contribution in [0.2, 0.25) is 5.15 Å². The molecule has 0 aromatic carbocycles. The first kappa shape index (κ1) is 13.2. The Balaban J connectivity index is 2.31. The van der Waals surface area contributed by atoms with Crippen molar-refractivity contribution in [2.45, 2.75) is 6.54 Å². The summed E-state index contributed by atoms with van der Waals surface area (Å²) in [6, 6.07) is 0. The third kappa shape index (κ3) is 2.79. The molecule has 0 aliphatic carbocycles. The maximum atomic E-state index is 11.0. The van der Waals surface area contributed by atoms with Crippen LogP contribution in [0.5, 0.6) is 0 Å². The van der Waals surface area contributed by atoms with E-state index < -0.39 is 4.92 Å². The first-order valence-corrected chi connectivity index (χ1v) is 5.70. The van der Waals surface area contributed by atoms with Gasteiger partial charge in [0.25, 0.3) is 0 Å². The summed E-state index contributed by atoms with van der Waals surface area (Å²) < 4.78 is 1.66. The number of nitrogens with zero attached hydrogens (tertiary/aromatic N) is 6. The lowest BCUT2D eigenvalue weighted by molar-refractivity contribution is -0.384. The van der Waals surface area contributed by atoms with Crippen LogP contribution >= 0.6 is 11.6 Å². The van der Waals surface area contributed by atoms with E-state index in [1.807, 2.05) is 6.20 Å². The molecule has 0 fully saturated rings. The number of hydrogen-bond donors (Lipinski definition) is 0. The fourth-order valence-corrected chi connectivity index (χ4v) is 1.88. The molecule has 0 atom stereocenters. The second-order valence-corrected chi connectivity index (χ2v) is 4.33. The molecule has 0 bridgehead atoms. The van der Waals surface area contributed by atoms with Crippen molar-refractivity contribution in [1.82, 2.24) is 19.7 Å². The highest BCUT2D eigenvalue weighted by molar-refractivity contribution is 6.31. The van der Waals surface area contributed by atoms with E-state index >= 15 is 0 Å². The Kier molecular flexibility index (Phi) is 3.61. The van der Waals surface area contributed by atoms with Crippen molar-refractivity contribution in [2.24, 2.45) is 7.05 Å². The smallest absolute Gasteiger partial charge is 0.348 e. The van der Waals surface area contributed by atoms with Crippen molar-refractivity contribution in [3.63, 3.8) is 0 Å². The molecule has 2 heterocycles. The first-order valence-electron chi connectivity index (χ1n) is 5.32. The summed E-state index contributed by atoms with van der Waals surface area (Å²) in [6.45, 7) is 0.433. The van der Waals surface area contributed by atoms with Crippen LogP contribution in [-0.4, -0.2) is 31.7 Å². The molecule has 2 aromatic heterocycles. The molecule has 0 unspecified atom stereocenters. The standard InChI is InChI=1S/C10H11ClN6O2/c1-15(4-7-3-14-16(2)5-7)10-8(17(18)19)9(11)12-6-13-10/h3,5-6H,4H2,1-2H3. The van der Waals surface area contributed by atoms with Crippen LogP contribution in [0.1, 0.15) is 5.56 Å². The van der Waals surface area contributed by atoms with E-state index in [1.54, 1.807) is 29.9 Å². The molecule has 0 N–H and O–H groups in total. The van der Waals surface area contributed by atoms with Gasteiger partial charge in [0.2, 0.25) is 11.0 Å². The van der Waals surface area contributed by atoms with E-state index in [1.165, 1.54) is 6.33 Å². The van der Waals surface area contributed by atoms with Crippen LogP contribution in [0.4, 0.5) is 11.5 Å². The van der Waals surface area contributed by atoms with Gasteiger partial charge in [-0.05, 0) is 0 Å². The van der Waals surface area contributed by atoms with Crippen molar-refractivity contribution in [2.75, 3.05) is 11.9 Å². The minimum absolute atomic E-state index is 0.173. The number of hydrogen-bond acceptors (Lipinski definition) is 6. The van der Waals surface area contributed by atoms with E-state index in [2.05, 4.69) is 15.1 Å². The third-order valence-corrected chi connectivity index (χ3v) is 2.76.